The molecule has 0 radical (unpaired) electrons. The predicted octanol–water partition coefficient (Wildman–Crippen LogP) is 3.44. The van der Waals surface area contributed by atoms with Crippen LogP contribution >= 0.6 is 12.4 Å². The van der Waals surface area contributed by atoms with Crippen LogP contribution in [0.2, 0.25) is 0 Å². The third-order valence-corrected chi connectivity index (χ3v) is 6.80. The number of benzene rings is 1. The van der Waals surface area contributed by atoms with Gasteiger partial charge in [0, 0.05) is 25.2 Å². The summed E-state index contributed by atoms with van der Waals surface area (Å²) in [5.74, 6) is -0.0806. The molecule has 1 fully saturated rings. The largest absolute Gasteiger partial charge is 0.330 e. The SMILES string of the molecule is Cc1ccc(NC(=O)CCCCCCN)cc1S(=O)(=O)N1CCCCC1.Cl. The number of nitrogens with one attached hydrogen (secondary N) is 1. The minimum atomic E-state index is -3.51. The van der Waals surface area contributed by atoms with Gasteiger partial charge in [0.2, 0.25) is 15.9 Å². The highest BCUT2D eigenvalue weighted by Gasteiger charge is 2.27. The molecule has 1 aliphatic rings. The molecule has 0 bridgehead atoms. The topological polar surface area (TPSA) is 92.5 Å². The Morgan fingerprint density at radius 1 is 1.11 bits per heavy atom. The number of nitrogens with two attached hydrogens (primary N) is 1. The summed E-state index contributed by atoms with van der Waals surface area (Å²) in [6.07, 6.45) is 7.13. The lowest BCUT2D eigenvalue weighted by molar-refractivity contribution is -0.116. The van der Waals surface area contributed by atoms with Crippen molar-refractivity contribution in [1.29, 1.82) is 0 Å². The van der Waals surface area contributed by atoms with E-state index in [0.717, 1.165) is 44.9 Å². The maximum Gasteiger partial charge on any atom is 0.243 e. The zero-order valence-corrected chi connectivity index (χ0v) is 17.7. The van der Waals surface area contributed by atoms with E-state index >= 15 is 0 Å². The highest BCUT2D eigenvalue weighted by Crippen LogP contribution is 2.26. The van der Waals surface area contributed by atoms with Crippen molar-refractivity contribution in [3.63, 3.8) is 0 Å². The van der Waals surface area contributed by atoms with Crippen molar-refractivity contribution in [2.45, 2.75) is 63.2 Å². The summed E-state index contributed by atoms with van der Waals surface area (Å²) in [7, 11) is -3.51. The molecule has 0 aliphatic carbocycles. The lowest BCUT2D eigenvalue weighted by Crippen LogP contribution is -2.36. The van der Waals surface area contributed by atoms with Crippen molar-refractivity contribution < 1.29 is 13.2 Å². The van der Waals surface area contributed by atoms with Gasteiger partial charge >= 0.3 is 0 Å². The second-order valence-electron chi connectivity index (χ2n) is 6.95. The second kappa shape index (κ2) is 11.6. The first-order valence-corrected chi connectivity index (χ1v) is 11.0. The first-order valence-electron chi connectivity index (χ1n) is 9.56. The third kappa shape index (κ3) is 7.07. The number of anilines is 1. The molecule has 154 valence electrons. The zero-order chi connectivity index (χ0) is 19.0. The van der Waals surface area contributed by atoms with Gasteiger partial charge in [-0.1, -0.05) is 25.3 Å². The van der Waals surface area contributed by atoms with Gasteiger partial charge in [0.25, 0.3) is 0 Å². The number of carbonyl (C=O) groups excluding carboxylic acids is 1. The smallest absolute Gasteiger partial charge is 0.243 e. The van der Waals surface area contributed by atoms with Crippen LogP contribution in [0.5, 0.6) is 0 Å². The van der Waals surface area contributed by atoms with Gasteiger partial charge in [0.15, 0.2) is 0 Å². The fraction of sp³-hybridized carbons (Fsp3) is 0.632. The monoisotopic (exact) mass is 417 g/mol. The third-order valence-electron chi connectivity index (χ3n) is 4.76. The van der Waals surface area contributed by atoms with Crippen molar-refractivity contribution in [2.24, 2.45) is 5.73 Å². The van der Waals surface area contributed by atoms with Gasteiger partial charge in [0.1, 0.15) is 0 Å². The first kappa shape index (κ1) is 23.9. The summed E-state index contributed by atoms with van der Waals surface area (Å²) >= 11 is 0. The Bertz CT molecular complexity index is 704. The van der Waals surface area contributed by atoms with E-state index in [-0.39, 0.29) is 18.3 Å². The van der Waals surface area contributed by atoms with E-state index in [1.807, 2.05) is 0 Å². The molecule has 0 atom stereocenters. The summed E-state index contributed by atoms with van der Waals surface area (Å²) in [6, 6.07) is 5.11. The summed E-state index contributed by atoms with van der Waals surface area (Å²) in [4.78, 5) is 12.4. The maximum absolute atomic E-state index is 12.9. The normalized spacial score (nSPS) is 15.2. The van der Waals surface area contributed by atoms with Crippen molar-refractivity contribution in [3.05, 3.63) is 23.8 Å². The summed E-state index contributed by atoms with van der Waals surface area (Å²) in [5, 5.41) is 2.83. The highest BCUT2D eigenvalue weighted by molar-refractivity contribution is 7.89. The molecule has 1 aliphatic heterocycles. The highest BCUT2D eigenvalue weighted by atomic mass is 35.5. The van der Waals surface area contributed by atoms with E-state index in [2.05, 4.69) is 5.32 Å². The Kier molecular flexibility index (Phi) is 10.3. The average molecular weight is 418 g/mol. The van der Waals surface area contributed by atoms with Gasteiger partial charge in [-0.25, -0.2) is 8.42 Å². The molecule has 0 aromatic heterocycles. The van der Waals surface area contributed by atoms with E-state index in [1.165, 1.54) is 0 Å². The molecule has 1 aromatic rings. The van der Waals surface area contributed by atoms with Crippen molar-refractivity contribution in [3.8, 4) is 0 Å². The van der Waals surface area contributed by atoms with Gasteiger partial charge < -0.3 is 11.1 Å². The number of piperidine rings is 1. The Hall–Kier alpha value is -1.15. The molecule has 8 heteroatoms. The molecule has 3 N–H and O–H groups in total. The molecule has 1 saturated heterocycles. The number of aryl methyl sites for hydroxylation is 1. The Morgan fingerprint density at radius 3 is 2.44 bits per heavy atom. The predicted molar refractivity (Wildman–Crippen MR) is 112 cm³/mol. The number of rotatable bonds is 9. The molecule has 1 amide bonds. The molecule has 0 saturated carbocycles. The van der Waals surface area contributed by atoms with E-state index in [1.54, 1.807) is 29.4 Å². The van der Waals surface area contributed by atoms with Crippen LogP contribution < -0.4 is 11.1 Å². The molecule has 0 unspecified atom stereocenters. The summed E-state index contributed by atoms with van der Waals surface area (Å²) in [6.45, 7) is 3.62. The summed E-state index contributed by atoms with van der Waals surface area (Å²) < 4.78 is 27.4. The maximum atomic E-state index is 12.9. The number of carbonyl (C=O) groups is 1. The fourth-order valence-electron chi connectivity index (χ4n) is 3.21. The Labute approximate surface area is 169 Å². The first-order chi connectivity index (χ1) is 12.4. The standard InChI is InChI=1S/C19H31N3O3S.ClH/c1-16-10-11-17(21-19(23)9-5-2-3-6-12-20)15-18(16)26(24,25)22-13-7-4-8-14-22;/h10-11,15H,2-9,12-14,20H2,1H3,(H,21,23);1H. The number of halogens is 1. The second-order valence-corrected chi connectivity index (χ2v) is 8.85. The molecule has 2 rings (SSSR count). The Balaban J connectivity index is 0.00000364. The van der Waals surface area contributed by atoms with Crippen LogP contribution in [0.25, 0.3) is 0 Å². The van der Waals surface area contributed by atoms with Crippen LogP contribution in [0.1, 0.15) is 56.9 Å². The van der Waals surface area contributed by atoms with Crippen LogP contribution in [0, 0.1) is 6.92 Å². The van der Waals surface area contributed by atoms with Crippen LogP contribution in [0.3, 0.4) is 0 Å². The quantitative estimate of drug-likeness (QED) is 0.602. The minimum Gasteiger partial charge on any atom is -0.330 e. The van der Waals surface area contributed by atoms with Crippen molar-refractivity contribution in [2.75, 3.05) is 25.0 Å². The minimum absolute atomic E-state index is 0. The van der Waals surface area contributed by atoms with Gasteiger partial charge in [-0.05, 0) is 56.8 Å². The number of hydrogen-bond acceptors (Lipinski definition) is 4. The van der Waals surface area contributed by atoms with E-state index in [9.17, 15) is 13.2 Å². The molecule has 6 nitrogen and oxygen atoms in total. The number of hydrogen-bond donors (Lipinski definition) is 2. The molecule has 1 heterocycles. The number of amides is 1. The lowest BCUT2D eigenvalue weighted by atomic mass is 10.1. The number of sulfonamides is 1. The van der Waals surface area contributed by atoms with E-state index in [0.29, 0.717) is 42.2 Å². The molecular formula is C19H32ClN3O3S. The molecule has 27 heavy (non-hydrogen) atoms. The average Bonchev–Trinajstić information content (AvgIpc) is 2.64. The number of unbranched alkanes of at least 4 members (excludes halogenated alkanes) is 3. The van der Waals surface area contributed by atoms with Gasteiger partial charge in [-0.3, -0.25) is 4.79 Å². The number of nitrogens with zero attached hydrogens (tertiary/aromatic N) is 1. The van der Waals surface area contributed by atoms with Gasteiger partial charge in [0.05, 0.1) is 4.90 Å². The van der Waals surface area contributed by atoms with E-state index in [4.69, 9.17) is 5.73 Å². The molecule has 0 spiro atoms. The summed E-state index contributed by atoms with van der Waals surface area (Å²) in [5.41, 5.74) is 6.70. The molecular weight excluding hydrogens is 386 g/mol. The van der Waals surface area contributed by atoms with Crippen molar-refractivity contribution >= 4 is 34.0 Å². The Morgan fingerprint density at radius 2 is 1.78 bits per heavy atom. The lowest BCUT2D eigenvalue weighted by Gasteiger charge is -2.26. The van der Waals surface area contributed by atoms with Crippen LogP contribution in [-0.2, 0) is 14.8 Å². The van der Waals surface area contributed by atoms with Crippen LogP contribution in [0.15, 0.2) is 23.1 Å². The van der Waals surface area contributed by atoms with Crippen molar-refractivity contribution in [1.82, 2.24) is 4.31 Å². The fourth-order valence-corrected chi connectivity index (χ4v) is 4.97. The van der Waals surface area contributed by atoms with Crippen LogP contribution in [0.4, 0.5) is 5.69 Å². The van der Waals surface area contributed by atoms with Crippen LogP contribution in [-0.4, -0.2) is 38.3 Å². The molecule has 1 aromatic carbocycles. The zero-order valence-electron chi connectivity index (χ0n) is 16.1. The van der Waals surface area contributed by atoms with E-state index < -0.39 is 10.0 Å². The van der Waals surface area contributed by atoms with Gasteiger partial charge in [-0.2, -0.15) is 4.31 Å². The van der Waals surface area contributed by atoms with Gasteiger partial charge in [-0.15, -0.1) is 12.4 Å².